The first kappa shape index (κ1) is 21.0. The van der Waals surface area contributed by atoms with Crippen LogP contribution in [0.1, 0.15) is 0 Å². The lowest BCUT2D eigenvalue weighted by Gasteiger charge is -2.13. The molecule has 0 N–H and O–H groups in total. The standard InChI is InChI=1S/C36H24N2/c1-3-11-25(12-4-1)27-19-21-35-31(23-27)29-15-7-9-17-33(29)37(35)38-34-18-10-8-16-30(34)32-24-28(20-22-36(32)38)26-13-5-2-6-14-26/h1-24H. The lowest BCUT2D eigenvalue weighted by atomic mass is 10.0. The molecule has 0 atom stereocenters. The normalized spacial score (nSPS) is 11.7. The number of nitrogens with zero attached hydrogens (tertiary/aromatic N) is 2. The highest BCUT2D eigenvalue weighted by Gasteiger charge is 2.18. The summed E-state index contributed by atoms with van der Waals surface area (Å²) in [5.74, 6) is 0. The molecule has 0 amide bonds. The van der Waals surface area contributed by atoms with Gasteiger partial charge in [-0.25, -0.2) is 9.35 Å². The molecule has 8 aromatic rings. The molecule has 0 aliphatic carbocycles. The average Bonchev–Trinajstić information content (AvgIpc) is 3.49. The Hall–Kier alpha value is -5.08. The van der Waals surface area contributed by atoms with E-state index in [1.165, 1.54) is 65.9 Å². The van der Waals surface area contributed by atoms with Crippen molar-refractivity contribution in [3.8, 4) is 22.3 Å². The zero-order valence-electron chi connectivity index (χ0n) is 20.8. The Morgan fingerprint density at radius 1 is 0.263 bits per heavy atom. The van der Waals surface area contributed by atoms with E-state index < -0.39 is 0 Å². The first-order valence-corrected chi connectivity index (χ1v) is 13.0. The van der Waals surface area contributed by atoms with E-state index in [0.717, 1.165) is 0 Å². The van der Waals surface area contributed by atoms with Gasteiger partial charge in [-0.2, -0.15) is 0 Å². The smallest absolute Gasteiger partial charge is 0.0716 e. The van der Waals surface area contributed by atoms with Crippen LogP contribution in [0.2, 0.25) is 0 Å². The minimum Gasteiger partial charge on any atom is -0.248 e. The fourth-order valence-electron chi connectivity index (χ4n) is 5.96. The molecule has 2 nitrogen and oxygen atoms in total. The Labute approximate surface area is 220 Å². The van der Waals surface area contributed by atoms with E-state index in [1.807, 2.05) is 0 Å². The second-order valence-corrected chi connectivity index (χ2v) is 9.85. The number of hydrogen-bond acceptors (Lipinski definition) is 0. The highest BCUT2D eigenvalue weighted by atomic mass is 15.5. The fraction of sp³-hybridized carbons (Fsp3) is 0. The van der Waals surface area contributed by atoms with Crippen LogP contribution in [0.5, 0.6) is 0 Å². The van der Waals surface area contributed by atoms with Crippen LogP contribution in [0.25, 0.3) is 65.9 Å². The molecule has 0 aliphatic heterocycles. The maximum Gasteiger partial charge on any atom is 0.0716 e. The molecule has 0 spiro atoms. The van der Waals surface area contributed by atoms with Crippen LogP contribution in [0.3, 0.4) is 0 Å². The third-order valence-corrected chi connectivity index (χ3v) is 7.71. The van der Waals surface area contributed by atoms with E-state index in [4.69, 9.17) is 0 Å². The van der Waals surface area contributed by atoms with Gasteiger partial charge in [0.05, 0.1) is 22.1 Å². The number of rotatable bonds is 3. The van der Waals surface area contributed by atoms with E-state index in [9.17, 15) is 0 Å². The number of benzene rings is 6. The molecule has 38 heavy (non-hydrogen) atoms. The van der Waals surface area contributed by atoms with Crippen LogP contribution >= 0.6 is 0 Å². The van der Waals surface area contributed by atoms with Crippen LogP contribution in [0.15, 0.2) is 146 Å². The quantitative estimate of drug-likeness (QED) is 0.236. The highest BCUT2D eigenvalue weighted by molar-refractivity contribution is 6.13. The van der Waals surface area contributed by atoms with Crippen molar-refractivity contribution >= 4 is 43.6 Å². The Bertz CT molecular complexity index is 1960. The molecular formula is C36H24N2. The SMILES string of the molecule is c1ccc(-c2ccc3c(c2)c2ccccc2n3-n2c3ccccc3c3cc(-c4ccccc4)ccc32)cc1. The van der Waals surface area contributed by atoms with Gasteiger partial charge in [0.15, 0.2) is 0 Å². The van der Waals surface area contributed by atoms with Crippen LogP contribution < -0.4 is 0 Å². The molecule has 0 saturated heterocycles. The first-order valence-electron chi connectivity index (χ1n) is 13.0. The maximum atomic E-state index is 2.40. The highest BCUT2D eigenvalue weighted by Crippen LogP contribution is 2.38. The third-order valence-electron chi connectivity index (χ3n) is 7.71. The van der Waals surface area contributed by atoms with Gasteiger partial charge >= 0.3 is 0 Å². The zero-order chi connectivity index (χ0) is 25.1. The molecule has 0 aliphatic rings. The summed E-state index contributed by atoms with van der Waals surface area (Å²) in [6, 6.07) is 52.5. The Morgan fingerprint density at radius 2 is 0.632 bits per heavy atom. The van der Waals surface area contributed by atoms with Crippen molar-refractivity contribution in [3.05, 3.63) is 146 Å². The van der Waals surface area contributed by atoms with Crippen LogP contribution in [0.4, 0.5) is 0 Å². The molecule has 0 bridgehead atoms. The molecule has 2 heteroatoms. The number of hydrogen-bond donors (Lipinski definition) is 0. The molecular weight excluding hydrogens is 460 g/mol. The zero-order valence-corrected chi connectivity index (χ0v) is 20.8. The van der Waals surface area contributed by atoms with Gasteiger partial charge in [0.25, 0.3) is 0 Å². The predicted molar refractivity (Wildman–Crippen MR) is 161 cm³/mol. The second-order valence-electron chi connectivity index (χ2n) is 9.85. The minimum absolute atomic E-state index is 1.20. The Morgan fingerprint density at radius 3 is 1.08 bits per heavy atom. The molecule has 2 heterocycles. The number of para-hydroxylation sites is 2. The van der Waals surface area contributed by atoms with Crippen molar-refractivity contribution in [3.63, 3.8) is 0 Å². The van der Waals surface area contributed by atoms with Crippen LogP contribution in [-0.4, -0.2) is 9.35 Å². The summed E-state index contributed by atoms with van der Waals surface area (Å²) in [5.41, 5.74) is 9.71. The van der Waals surface area contributed by atoms with Gasteiger partial charge in [0.2, 0.25) is 0 Å². The summed E-state index contributed by atoms with van der Waals surface area (Å²) in [7, 11) is 0. The van der Waals surface area contributed by atoms with E-state index in [0.29, 0.717) is 0 Å². The molecule has 0 unspecified atom stereocenters. The van der Waals surface area contributed by atoms with Gasteiger partial charge in [-0.1, -0.05) is 109 Å². The minimum atomic E-state index is 1.20. The molecule has 6 aromatic carbocycles. The summed E-state index contributed by atoms with van der Waals surface area (Å²) < 4.78 is 4.79. The van der Waals surface area contributed by atoms with Crippen molar-refractivity contribution in [2.45, 2.75) is 0 Å². The summed E-state index contributed by atoms with van der Waals surface area (Å²) in [6.45, 7) is 0. The van der Waals surface area contributed by atoms with Gasteiger partial charge < -0.3 is 0 Å². The number of fused-ring (bicyclic) bond motifs is 6. The Balaban J connectivity index is 1.46. The van der Waals surface area contributed by atoms with E-state index in [1.54, 1.807) is 0 Å². The van der Waals surface area contributed by atoms with Crippen LogP contribution in [-0.2, 0) is 0 Å². The largest absolute Gasteiger partial charge is 0.248 e. The molecule has 178 valence electrons. The Kier molecular flexibility index (Phi) is 4.55. The molecule has 0 fully saturated rings. The first-order chi connectivity index (χ1) is 18.9. The lowest BCUT2D eigenvalue weighted by Crippen LogP contribution is -2.08. The third kappa shape index (κ3) is 3.07. The molecule has 0 radical (unpaired) electrons. The van der Waals surface area contributed by atoms with E-state index in [2.05, 4.69) is 155 Å². The predicted octanol–water partition coefficient (Wildman–Crippen LogP) is 9.55. The van der Waals surface area contributed by atoms with E-state index >= 15 is 0 Å². The summed E-state index contributed by atoms with van der Waals surface area (Å²) >= 11 is 0. The second kappa shape index (κ2) is 8.22. The fourth-order valence-corrected chi connectivity index (χ4v) is 5.96. The van der Waals surface area contributed by atoms with Gasteiger partial charge in [-0.15, -0.1) is 0 Å². The van der Waals surface area contributed by atoms with Crippen molar-refractivity contribution in [2.24, 2.45) is 0 Å². The van der Waals surface area contributed by atoms with Gasteiger partial charge in [-0.05, 0) is 58.7 Å². The van der Waals surface area contributed by atoms with E-state index in [-0.39, 0.29) is 0 Å². The molecule has 0 saturated carbocycles. The monoisotopic (exact) mass is 484 g/mol. The van der Waals surface area contributed by atoms with Gasteiger partial charge in [-0.3, -0.25) is 0 Å². The van der Waals surface area contributed by atoms with Crippen molar-refractivity contribution < 1.29 is 0 Å². The maximum absolute atomic E-state index is 2.40. The van der Waals surface area contributed by atoms with Crippen molar-refractivity contribution in [2.75, 3.05) is 0 Å². The summed E-state index contributed by atoms with van der Waals surface area (Å²) in [6.07, 6.45) is 0. The molecule has 8 rings (SSSR count). The van der Waals surface area contributed by atoms with Gasteiger partial charge in [0, 0.05) is 21.5 Å². The summed E-state index contributed by atoms with van der Waals surface area (Å²) in [4.78, 5) is 0. The topological polar surface area (TPSA) is 9.86 Å². The molecule has 2 aromatic heterocycles. The van der Waals surface area contributed by atoms with Crippen molar-refractivity contribution in [1.82, 2.24) is 9.35 Å². The lowest BCUT2D eigenvalue weighted by molar-refractivity contribution is 0.775. The summed E-state index contributed by atoms with van der Waals surface area (Å²) in [5, 5.41) is 5.03. The number of aromatic nitrogens is 2. The van der Waals surface area contributed by atoms with Gasteiger partial charge in [0.1, 0.15) is 0 Å². The average molecular weight is 485 g/mol. The van der Waals surface area contributed by atoms with Crippen LogP contribution in [0, 0.1) is 0 Å². The van der Waals surface area contributed by atoms with Crippen molar-refractivity contribution in [1.29, 1.82) is 0 Å².